The Morgan fingerprint density at radius 3 is 1.43 bits per heavy atom. The number of allylic oxidation sites excluding steroid dienone is 2. The van der Waals surface area contributed by atoms with Gasteiger partial charge in [0.2, 0.25) is 0 Å². The molecule has 0 radical (unpaired) electrons. The number of fused-ring (bicyclic) bond motifs is 13. The monoisotopic (exact) mass is 690 g/mol. The van der Waals surface area contributed by atoms with Gasteiger partial charge >= 0.3 is 0 Å². The van der Waals surface area contributed by atoms with Crippen LogP contribution in [0.2, 0.25) is 0 Å². The summed E-state index contributed by atoms with van der Waals surface area (Å²) in [6.07, 6.45) is 2.17. The second-order valence-corrected chi connectivity index (χ2v) is 14.2. The van der Waals surface area contributed by atoms with Crippen LogP contribution in [0, 0.1) is 0 Å². The van der Waals surface area contributed by atoms with Crippen molar-refractivity contribution in [2.75, 3.05) is 0 Å². The predicted molar refractivity (Wildman–Crippen MR) is 228 cm³/mol. The number of hydrogen-bond acceptors (Lipinski definition) is 2. The first-order chi connectivity index (χ1) is 26.7. The van der Waals surface area contributed by atoms with Gasteiger partial charge in [-0.3, -0.25) is 9.13 Å². The van der Waals surface area contributed by atoms with Gasteiger partial charge in [-0.05, 0) is 70.4 Å². The highest BCUT2D eigenvalue weighted by Crippen LogP contribution is 2.42. The lowest BCUT2D eigenvalue weighted by atomic mass is 10.00. The van der Waals surface area contributed by atoms with Crippen molar-refractivity contribution in [2.24, 2.45) is 0 Å². The van der Waals surface area contributed by atoms with Gasteiger partial charge in [0.05, 0.1) is 22.1 Å². The van der Waals surface area contributed by atoms with E-state index < -0.39 is 0 Å². The molecule has 0 unspecified atom stereocenters. The SMILES string of the molecule is C/C=C(\C)n1c(-c2ccc3cc(-c4nc5c6ccccc6c6ccccc6c5n4-c4ccccc4)ccc3c2)nc2c3ccccc3c3ccccc3c21. The molecule has 4 heteroatoms. The van der Waals surface area contributed by atoms with Gasteiger partial charge in [-0.15, -0.1) is 0 Å². The Hall–Kier alpha value is -7.04. The molecule has 11 aromatic rings. The first-order valence-electron chi connectivity index (χ1n) is 18.5. The molecule has 254 valence electrons. The molecule has 0 saturated carbocycles. The zero-order valence-electron chi connectivity index (χ0n) is 30.0. The van der Waals surface area contributed by atoms with Crippen LogP contribution in [0.1, 0.15) is 13.8 Å². The average Bonchev–Trinajstić information content (AvgIpc) is 3.85. The van der Waals surface area contributed by atoms with Gasteiger partial charge in [0.25, 0.3) is 0 Å². The van der Waals surface area contributed by atoms with Crippen molar-refractivity contribution in [2.45, 2.75) is 13.8 Å². The van der Waals surface area contributed by atoms with Gasteiger partial charge in [0.15, 0.2) is 0 Å². The van der Waals surface area contributed by atoms with E-state index in [1.165, 1.54) is 37.7 Å². The highest BCUT2D eigenvalue weighted by molar-refractivity contribution is 6.25. The van der Waals surface area contributed by atoms with E-state index in [-0.39, 0.29) is 0 Å². The molecule has 0 aliphatic carbocycles. The molecular formula is C50H34N4. The van der Waals surface area contributed by atoms with E-state index in [4.69, 9.17) is 9.97 Å². The van der Waals surface area contributed by atoms with E-state index >= 15 is 0 Å². The Bertz CT molecular complexity index is 3350. The highest BCUT2D eigenvalue weighted by atomic mass is 15.1. The fraction of sp³-hybridized carbons (Fsp3) is 0.0400. The molecule has 0 aliphatic rings. The Balaban J connectivity index is 1.14. The van der Waals surface area contributed by atoms with Crippen molar-refractivity contribution < 1.29 is 0 Å². The number of hydrogen-bond donors (Lipinski definition) is 0. The summed E-state index contributed by atoms with van der Waals surface area (Å²) in [5, 5.41) is 12.0. The maximum Gasteiger partial charge on any atom is 0.145 e. The Morgan fingerprint density at radius 2 is 0.870 bits per heavy atom. The van der Waals surface area contributed by atoms with Crippen LogP contribution in [0.15, 0.2) is 170 Å². The van der Waals surface area contributed by atoms with E-state index in [0.717, 1.165) is 72.4 Å². The topological polar surface area (TPSA) is 35.6 Å². The van der Waals surface area contributed by atoms with E-state index in [0.29, 0.717) is 0 Å². The normalized spacial score (nSPS) is 12.4. The minimum absolute atomic E-state index is 0.924. The fourth-order valence-electron chi connectivity index (χ4n) is 8.62. The average molecular weight is 691 g/mol. The summed E-state index contributed by atoms with van der Waals surface area (Å²) >= 11 is 0. The molecule has 0 N–H and O–H groups in total. The van der Waals surface area contributed by atoms with Gasteiger partial charge in [-0.1, -0.05) is 146 Å². The lowest BCUT2D eigenvalue weighted by molar-refractivity contribution is 1.11. The zero-order valence-corrected chi connectivity index (χ0v) is 30.0. The maximum absolute atomic E-state index is 5.47. The molecule has 2 heterocycles. The minimum Gasteiger partial charge on any atom is -0.296 e. The first-order valence-corrected chi connectivity index (χ1v) is 18.5. The number of rotatable bonds is 4. The van der Waals surface area contributed by atoms with Crippen molar-refractivity contribution in [3.8, 4) is 28.5 Å². The van der Waals surface area contributed by atoms with Crippen LogP contribution in [0.3, 0.4) is 0 Å². The number of imidazole rings is 2. The molecular weight excluding hydrogens is 657 g/mol. The highest BCUT2D eigenvalue weighted by Gasteiger charge is 2.22. The fourth-order valence-corrected chi connectivity index (χ4v) is 8.62. The number of benzene rings is 9. The van der Waals surface area contributed by atoms with Crippen molar-refractivity contribution in [3.05, 3.63) is 170 Å². The third kappa shape index (κ3) is 4.37. The third-order valence-corrected chi connectivity index (χ3v) is 11.2. The molecule has 54 heavy (non-hydrogen) atoms. The number of nitrogens with zero attached hydrogens (tertiary/aromatic N) is 4. The molecule has 2 aromatic heterocycles. The lowest BCUT2D eigenvalue weighted by Gasteiger charge is -2.13. The molecule has 11 rings (SSSR count). The van der Waals surface area contributed by atoms with Crippen LogP contribution in [0.25, 0.3) is 110 Å². The Morgan fingerprint density at radius 1 is 0.444 bits per heavy atom. The second-order valence-electron chi connectivity index (χ2n) is 14.2. The summed E-state index contributed by atoms with van der Waals surface area (Å²) in [6, 6.07) is 58.8. The minimum atomic E-state index is 0.924. The standard InChI is InChI=1S/C50H34N4/c1-3-31(2)53-47-43-23-13-9-19-39(43)37-17-7-11-21-41(37)45(47)51-49(53)34-27-25-33-30-35(28-26-32(33)29-34)50-52-46-42-22-12-8-18-38(42)40-20-10-14-24-44(40)48(46)54(50)36-15-5-4-6-16-36/h3-30H,1-2H3/b31-3+. The largest absolute Gasteiger partial charge is 0.296 e. The van der Waals surface area contributed by atoms with E-state index in [2.05, 4.69) is 193 Å². The lowest BCUT2D eigenvalue weighted by Crippen LogP contribution is -1.98. The molecule has 0 fully saturated rings. The van der Waals surface area contributed by atoms with Gasteiger partial charge in [0, 0.05) is 44.1 Å². The molecule has 4 nitrogen and oxygen atoms in total. The number of aromatic nitrogens is 4. The molecule has 0 atom stereocenters. The zero-order chi connectivity index (χ0) is 35.9. The van der Waals surface area contributed by atoms with Crippen LogP contribution in [0.5, 0.6) is 0 Å². The van der Waals surface area contributed by atoms with Crippen molar-refractivity contribution in [1.82, 2.24) is 19.1 Å². The van der Waals surface area contributed by atoms with Crippen LogP contribution < -0.4 is 0 Å². The molecule has 0 spiro atoms. The molecule has 0 saturated heterocycles. The summed E-state index contributed by atoms with van der Waals surface area (Å²) < 4.78 is 4.69. The summed E-state index contributed by atoms with van der Waals surface area (Å²) in [5.41, 5.74) is 8.68. The predicted octanol–water partition coefficient (Wildman–Crippen LogP) is 13.4. The quantitative estimate of drug-likeness (QED) is 0.172. The molecule has 0 aliphatic heterocycles. The van der Waals surface area contributed by atoms with E-state index in [1.54, 1.807) is 0 Å². The van der Waals surface area contributed by atoms with E-state index in [1.807, 2.05) is 0 Å². The molecule has 0 amide bonds. The smallest absolute Gasteiger partial charge is 0.145 e. The van der Waals surface area contributed by atoms with Crippen molar-refractivity contribution >= 4 is 81.6 Å². The Kier molecular flexibility index (Phi) is 6.65. The van der Waals surface area contributed by atoms with Gasteiger partial charge < -0.3 is 0 Å². The van der Waals surface area contributed by atoms with Gasteiger partial charge in [-0.2, -0.15) is 0 Å². The van der Waals surface area contributed by atoms with Crippen LogP contribution in [-0.4, -0.2) is 19.1 Å². The van der Waals surface area contributed by atoms with E-state index in [9.17, 15) is 0 Å². The van der Waals surface area contributed by atoms with Gasteiger partial charge in [0.1, 0.15) is 11.6 Å². The van der Waals surface area contributed by atoms with Crippen LogP contribution in [-0.2, 0) is 0 Å². The first kappa shape index (κ1) is 30.6. The van der Waals surface area contributed by atoms with Gasteiger partial charge in [-0.25, -0.2) is 9.97 Å². The summed E-state index contributed by atoms with van der Waals surface area (Å²) in [5.74, 6) is 1.87. The van der Waals surface area contributed by atoms with Crippen LogP contribution >= 0.6 is 0 Å². The van der Waals surface area contributed by atoms with Crippen LogP contribution in [0.4, 0.5) is 0 Å². The Labute approximate surface area is 311 Å². The molecule has 0 bridgehead atoms. The third-order valence-electron chi connectivity index (χ3n) is 11.2. The molecule has 9 aromatic carbocycles. The van der Waals surface area contributed by atoms with Crippen molar-refractivity contribution in [3.63, 3.8) is 0 Å². The summed E-state index contributed by atoms with van der Waals surface area (Å²) in [7, 11) is 0. The summed E-state index contributed by atoms with van der Waals surface area (Å²) in [4.78, 5) is 10.9. The number of para-hydroxylation sites is 1. The van der Waals surface area contributed by atoms with Crippen molar-refractivity contribution in [1.29, 1.82) is 0 Å². The summed E-state index contributed by atoms with van der Waals surface area (Å²) in [6.45, 7) is 4.28. The maximum atomic E-state index is 5.47. The second kappa shape index (κ2) is 11.7.